The molecule has 1 aliphatic heterocycles. The topological polar surface area (TPSA) is 12.0 Å². The summed E-state index contributed by atoms with van der Waals surface area (Å²) in [5, 5.41) is 6.09. The van der Waals surface area contributed by atoms with Crippen LogP contribution in [0, 0.1) is 5.92 Å². The first-order valence-electron chi connectivity index (χ1n) is 6.18. The Kier molecular flexibility index (Phi) is 3.34. The summed E-state index contributed by atoms with van der Waals surface area (Å²) in [5.41, 5.74) is 1.47. The minimum absolute atomic E-state index is 0.898. The summed E-state index contributed by atoms with van der Waals surface area (Å²) < 4.78 is 0. The molecule has 17 heavy (non-hydrogen) atoms. The predicted octanol–water partition coefficient (Wildman–Crippen LogP) is 3.29. The van der Waals surface area contributed by atoms with E-state index in [1.165, 1.54) is 35.2 Å². The number of fused-ring (bicyclic) bond motifs is 1. The maximum absolute atomic E-state index is 3.33. The van der Waals surface area contributed by atoms with Gasteiger partial charge in [0.15, 0.2) is 0 Å². The number of rotatable bonds is 4. The molecule has 1 aliphatic rings. The maximum Gasteiger partial charge on any atom is 0.0190 e. The molecule has 0 aromatic heterocycles. The fourth-order valence-corrected chi connectivity index (χ4v) is 3.38. The van der Waals surface area contributed by atoms with Crippen LogP contribution in [0.4, 0.5) is 0 Å². The van der Waals surface area contributed by atoms with Crippen molar-refractivity contribution in [3.63, 3.8) is 0 Å². The van der Waals surface area contributed by atoms with Crippen LogP contribution < -0.4 is 5.32 Å². The van der Waals surface area contributed by atoms with Crippen molar-refractivity contribution in [1.29, 1.82) is 0 Å². The van der Waals surface area contributed by atoms with Gasteiger partial charge in [0.2, 0.25) is 0 Å². The standard InChI is InChI=1S/C15H17NS/c1-2-7-15-13(4-1)5-3-6-14(15)11-17-10-12-8-16-9-12/h1-7,12,16H,8-11H2. The molecule has 2 aromatic carbocycles. The number of thioether (sulfide) groups is 1. The highest BCUT2D eigenvalue weighted by Gasteiger charge is 2.16. The maximum atomic E-state index is 3.33. The molecule has 0 spiro atoms. The van der Waals surface area contributed by atoms with Gasteiger partial charge in [0.1, 0.15) is 0 Å². The van der Waals surface area contributed by atoms with Crippen LogP contribution in [-0.2, 0) is 5.75 Å². The number of hydrogen-bond donors (Lipinski definition) is 1. The molecule has 0 unspecified atom stereocenters. The molecule has 2 aromatic rings. The van der Waals surface area contributed by atoms with Gasteiger partial charge in [-0.3, -0.25) is 0 Å². The number of hydrogen-bond acceptors (Lipinski definition) is 2. The Hall–Kier alpha value is -0.990. The fourth-order valence-electron chi connectivity index (χ4n) is 2.22. The molecule has 88 valence electrons. The Morgan fingerprint density at radius 1 is 1.06 bits per heavy atom. The van der Waals surface area contributed by atoms with Gasteiger partial charge in [0.05, 0.1) is 0 Å². The smallest absolute Gasteiger partial charge is 0.0190 e. The lowest BCUT2D eigenvalue weighted by molar-refractivity contribution is 0.385. The molecule has 1 fully saturated rings. The molecule has 1 nitrogen and oxygen atoms in total. The van der Waals surface area contributed by atoms with Crippen LogP contribution in [0.5, 0.6) is 0 Å². The van der Waals surface area contributed by atoms with E-state index in [2.05, 4.69) is 59.5 Å². The first kappa shape index (κ1) is 11.1. The molecule has 3 rings (SSSR count). The van der Waals surface area contributed by atoms with Crippen molar-refractivity contribution < 1.29 is 0 Å². The van der Waals surface area contributed by atoms with Crippen LogP contribution in [0.25, 0.3) is 10.8 Å². The third-order valence-electron chi connectivity index (χ3n) is 3.36. The van der Waals surface area contributed by atoms with E-state index in [9.17, 15) is 0 Å². The Labute approximate surface area is 107 Å². The van der Waals surface area contributed by atoms with Crippen LogP contribution in [0.2, 0.25) is 0 Å². The highest BCUT2D eigenvalue weighted by Crippen LogP contribution is 2.24. The second-order valence-electron chi connectivity index (χ2n) is 4.68. The second kappa shape index (κ2) is 5.11. The molecule has 0 bridgehead atoms. The average molecular weight is 243 g/mol. The van der Waals surface area contributed by atoms with Gasteiger partial charge in [-0.1, -0.05) is 42.5 Å². The van der Waals surface area contributed by atoms with Gasteiger partial charge in [0, 0.05) is 5.75 Å². The van der Waals surface area contributed by atoms with Crippen LogP contribution >= 0.6 is 11.8 Å². The van der Waals surface area contributed by atoms with Gasteiger partial charge < -0.3 is 5.32 Å². The Morgan fingerprint density at radius 2 is 1.88 bits per heavy atom. The van der Waals surface area contributed by atoms with Crippen LogP contribution in [0.3, 0.4) is 0 Å². The fraction of sp³-hybridized carbons (Fsp3) is 0.333. The lowest BCUT2D eigenvalue weighted by Crippen LogP contribution is -2.43. The summed E-state index contributed by atoms with van der Waals surface area (Å²) in [6.07, 6.45) is 0. The summed E-state index contributed by atoms with van der Waals surface area (Å²) in [7, 11) is 0. The molecule has 0 amide bonds. The zero-order valence-corrected chi connectivity index (χ0v) is 10.7. The lowest BCUT2D eigenvalue weighted by atomic mass is 10.1. The van der Waals surface area contributed by atoms with Crippen LogP contribution in [0.15, 0.2) is 42.5 Å². The normalized spacial score (nSPS) is 16.0. The van der Waals surface area contributed by atoms with E-state index in [4.69, 9.17) is 0 Å². The first-order chi connectivity index (χ1) is 8.43. The number of benzene rings is 2. The molecule has 0 saturated carbocycles. The van der Waals surface area contributed by atoms with Crippen molar-refractivity contribution in [3.8, 4) is 0 Å². The minimum Gasteiger partial charge on any atom is -0.316 e. The van der Waals surface area contributed by atoms with E-state index in [1.807, 2.05) is 0 Å². The highest BCUT2D eigenvalue weighted by atomic mass is 32.2. The van der Waals surface area contributed by atoms with Gasteiger partial charge in [-0.25, -0.2) is 0 Å². The van der Waals surface area contributed by atoms with Crippen molar-refractivity contribution in [2.75, 3.05) is 18.8 Å². The van der Waals surface area contributed by atoms with Crippen molar-refractivity contribution >= 4 is 22.5 Å². The van der Waals surface area contributed by atoms with Crippen LogP contribution in [0.1, 0.15) is 5.56 Å². The molecule has 0 aliphatic carbocycles. The molecular formula is C15H17NS. The Bertz CT molecular complexity index is 500. The van der Waals surface area contributed by atoms with E-state index in [0.717, 1.165) is 11.7 Å². The molecule has 1 heterocycles. The second-order valence-corrected chi connectivity index (χ2v) is 5.71. The molecule has 0 atom stereocenters. The monoisotopic (exact) mass is 243 g/mol. The first-order valence-corrected chi connectivity index (χ1v) is 7.34. The van der Waals surface area contributed by atoms with Crippen molar-refractivity contribution in [2.45, 2.75) is 5.75 Å². The van der Waals surface area contributed by atoms with Gasteiger partial charge in [0.25, 0.3) is 0 Å². The van der Waals surface area contributed by atoms with Gasteiger partial charge in [-0.05, 0) is 41.1 Å². The third-order valence-corrected chi connectivity index (χ3v) is 4.58. The summed E-state index contributed by atoms with van der Waals surface area (Å²) in [5.74, 6) is 3.32. The Morgan fingerprint density at radius 3 is 2.71 bits per heavy atom. The van der Waals surface area contributed by atoms with Gasteiger partial charge >= 0.3 is 0 Å². The largest absolute Gasteiger partial charge is 0.316 e. The summed E-state index contributed by atoms with van der Waals surface area (Å²) in [6.45, 7) is 2.42. The number of nitrogens with one attached hydrogen (secondary N) is 1. The zero-order chi connectivity index (χ0) is 11.5. The summed E-state index contributed by atoms with van der Waals surface area (Å²) >= 11 is 2.07. The molecule has 1 N–H and O–H groups in total. The quantitative estimate of drug-likeness (QED) is 0.884. The molecule has 1 saturated heterocycles. The summed E-state index contributed by atoms with van der Waals surface area (Å²) in [4.78, 5) is 0. The van der Waals surface area contributed by atoms with Crippen molar-refractivity contribution in [1.82, 2.24) is 5.32 Å². The average Bonchev–Trinajstić information content (AvgIpc) is 2.32. The molecule has 0 radical (unpaired) electrons. The Balaban J connectivity index is 1.71. The van der Waals surface area contributed by atoms with E-state index >= 15 is 0 Å². The predicted molar refractivity (Wildman–Crippen MR) is 76.5 cm³/mol. The van der Waals surface area contributed by atoms with Crippen LogP contribution in [-0.4, -0.2) is 18.8 Å². The SMILES string of the molecule is c1ccc2c(CSCC3CNC3)cccc2c1. The van der Waals surface area contributed by atoms with Gasteiger partial charge in [-0.2, -0.15) is 11.8 Å². The molecule has 2 heteroatoms. The van der Waals surface area contributed by atoms with E-state index in [0.29, 0.717) is 0 Å². The van der Waals surface area contributed by atoms with Gasteiger partial charge in [-0.15, -0.1) is 0 Å². The van der Waals surface area contributed by atoms with E-state index in [1.54, 1.807) is 0 Å². The van der Waals surface area contributed by atoms with E-state index in [-0.39, 0.29) is 0 Å². The van der Waals surface area contributed by atoms with Crippen molar-refractivity contribution in [2.24, 2.45) is 5.92 Å². The molecular weight excluding hydrogens is 226 g/mol. The van der Waals surface area contributed by atoms with E-state index < -0.39 is 0 Å². The lowest BCUT2D eigenvalue weighted by Gasteiger charge is -2.26. The summed E-state index contributed by atoms with van der Waals surface area (Å²) in [6, 6.07) is 15.3. The minimum atomic E-state index is 0.898. The zero-order valence-electron chi connectivity index (χ0n) is 9.86. The van der Waals surface area contributed by atoms with Crippen molar-refractivity contribution in [3.05, 3.63) is 48.0 Å². The highest BCUT2D eigenvalue weighted by molar-refractivity contribution is 7.98. The third kappa shape index (κ3) is 2.48.